The fourth-order valence-electron chi connectivity index (χ4n) is 3.08. The molecule has 0 aliphatic carbocycles. The van der Waals surface area contributed by atoms with Gasteiger partial charge in [-0.25, -0.2) is 4.68 Å². The summed E-state index contributed by atoms with van der Waals surface area (Å²) in [5.41, 5.74) is 3.71. The second-order valence-electron chi connectivity index (χ2n) is 5.86. The summed E-state index contributed by atoms with van der Waals surface area (Å²) in [7, 11) is 2.06. The number of aryl methyl sites for hydroxylation is 1. The Morgan fingerprint density at radius 1 is 1.19 bits per heavy atom. The number of benzene rings is 1. The van der Waals surface area contributed by atoms with E-state index in [-0.39, 0.29) is 0 Å². The minimum Gasteiger partial charge on any atom is -0.317 e. The van der Waals surface area contributed by atoms with Gasteiger partial charge in [0.25, 0.3) is 0 Å². The van der Waals surface area contributed by atoms with Gasteiger partial charge in [0.2, 0.25) is 0 Å². The SMILES string of the molecule is CNC1CCN(Cc2ccnn2-c2ccccc2C)CC1. The molecule has 0 radical (unpaired) electrons. The molecule has 2 aromatic rings. The van der Waals surface area contributed by atoms with Crippen molar-refractivity contribution in [2.75, 3.05) is 20.1 Å². The largest absolute Gasteiger partial charge is 0.317 e. The molecule has 0 atom stereocenters. The summed E-state index contributed by atoms with van der Waals surface area (Å²) < 4.78 is 2.08. The van der Waals surface area contributed by atoms with Crippen molar-refractivity contribution in [3.05, 3.63) is 47.8 Å². The van der Waals surface area contributed by atoms with Gasteiger partial charge in [-0.05, 0) is 44.5 Å². The van der Waals surface area contributed by atoms with Crippen molar-refractivity contribution in [2.45, 2.75) is 32.4 Å². The van der Waals surface area contributed by atoms with Gasteiger partial charge in [0, 0.05) is 31.9 Å². The van der Waals surface area contributed by atoms with E-state index in [1.807, 2.05) is 6.20 Å². The van der Waals surface area contributed by atoms with Gasteiger partial charge in [-0.15, -0.1) is 0 Å². The summed E-state index contributed by atoms with van der Waals surface area (Å²) in [6, 6.07) is 11.2. The fraction of sp³-hybridized carbons (Fsp3) is 0.471. The third-order valence-corrected chi connectivity index (χ3v) is 4.45. The first kappa shape index (κ1) is 14.3. The second kappa shape index (κ2) is 6.41. The van der Waals surface area contributed by atoms with Gasteiger partial charge in [-0.2, -0.15) is 5.10 Å². The Morgan fingerprint density at radius 2 is 1.95 bits per heavy atom. The predicted molar refractivity (Wildman–Crippen MR) is 85.7 cm³/mol. The van der Waals surface area contributed by atoms with E-state index >= 15 is 0 Å². The van der Waals surface area contributed by atoms with Crippen LogP contribution in [0.3, 0.4) is 0 Å². The third kappa shape index (κ3) is 3.17. The summed E-state index contributed by atoms with van der Waals surface area (Å²) in [4.78, 5) is 2.53. The van der Waals surface area contributed by atoms with Crippen molar-refractivity contribution >= 4 is 0 Å². The molecular weight excluding hydrogens is 260 g/mol. The Kier molecular flexibility index (Phi) is 4.36. The first-order valence-electron chi connectivity index (χ1n) is 7.76. The molecule has 0 spiro atoms. The van der Waals surface area contributed by atoms with E-state index in [0.717, 1.165) is 19.6 Å². The van der Waals surface area contributed by atoms with Gasteiger partial charge >= 0.3 is 0 Å². The lowest BCUT2D eigenvalue weighted by Crippen LogP contribution is -2.41. The van der Waals surface area contributed by atoms with E-state index in [0.29, 0.717) is 6.04 Å². The van der Waals surface area contributed by atoms with Crippen molar-refractivity contribution in [1.82, 2.24) is 20.0 Å². The fourth-order valence-corrected chi connectivity index (χ4v) is 3.08. The van der Waals surface area contributed by atoms with Crippen LogP contribution in [0.15, 0.2) is 36.5 Å². The summed E-state index contributed by atoms with van der Waals surface area (Å²) in [6.07, 6.45) is 4.37. The highest BCUT2D eigenvalue weighted by atomic mass is 15.3. The molecule has 21 heavy (non-hydrogen) atoms. The molecule has 0 amide bonds. The van der Waals surface area contributed by atoms with Crippen LogP contribution in [0.4, 0.5) is 0 Å². The van der Waals surface area contributed by atoms with Crippen LogP contribution in [0, 0.1) is 6.92 Å². The van der Waals surface area contributed by atoms with Crippen LogP contribution >= 0.6 is 0 Å². The van der Waals surface area contributed by atoms with Gasteiger partial charge in [0.15, 0.2) is 0 Å². The van der Waals surface area contributed by atoms with Gasteiger partial charge in [-0.1, -0.05) is 18.2 Å². The summed E-state index contributed by atoms with van der Waals surface area (Å²) in [6.45, 7) is 5.43. The highest BCUT2D eigenvalue weighted by molar-refractivity contribution is 5.40. The molecule has 1 fully saturated rings. The molecule has 2 heterocycles. The number of nitrogens with one attached hydrogen (secondary N) is 1. The Bertz CT molecular complexity index is 582. The van der Waals surface area contributed by atoms with Crippen LogP contribution in [-0.4, -0.2) is 40.9 Å². The van der Waals surface area contributed by atoms with Crippen LogP contribution in [0.25, 0.3) is 5.69 Å². The number of nitrogens with zero attached hydrogens (tertiary/aromatic N) is 3. The van der Waals surface area contributed by atoms with Crippen LogP contribution in [0.2, 0.25) is 0 Å². The lowest BCUT2D eigenvalue weighted by molar-refractivity contribution is 0.191. The maximum atomic E-state index is 4.52. The maximum absolute atomic E-state index is 4.52. The first-order valence-corrected chi connectivity index (χ1v) is 7.76. The van der Waals surface area contributed by atoms with Gasteiger partial charge in [0.1, 0.15) is 0 Å². The van der Waals surface area contributed by atoms with Crippen molar-refractivity contribution in [3.63, 3.8) is 0 Å². The molecule has 0 saturated carbocycles. The number of piperidine rings is 1. The number of aromatic nitrogens is 2. The average Bonchev–Trinajstić information content (AvgIpc) is 2.96. The van der Waals surface area contributed by atoms with E-state index in [4.69, 9.17) is 0 Å². The summed E-state index contributed by atoms with van der Waals surface area (Å²) >= 11 is 0. The minimum absolute atomic E-state index is 0.683. The lowest BCUT2D eigenvalue weighted by atomic mass is 10.1. The van der Waals surface area contributed by atoms with Crippen LogP contribution in [0.5, 0.6) is 0 Å². The molecule has 0 bridgehead atoms. The average molecular weight is 284 g/mol. The van der Waals surface area contributed by atoms with Crippen LogP contribution in [-0.2, 0) is 6.54 Å². The molecule has 1 N–H and O–H groups in total. The number of para-hydroxylation sites is 1. The Balaban J connectivity index is 1.73. The molecule has 1 aromatic carbocycles. The molecule has 1 aliphatic heterocycles. The molecule has 4 heteroatoms. The van der Waals surface area contributed by atoms with Crippen LogP contribution in [0.1, 0.15) is 24.1 Å². The van der Waals surface area contributed by atoms with E-state index < -0.39 is 0 Å². The quantitative estimate of drug-likeness (QED) is 0.935. The zero-order chi connectivity index (χ0) is 14.7. The van der Waals surface area contributed by atoms with E-state index in [2.05, 4.69) is 64.3 Å². The van der Waals surface area contributed by atoms with Crippen molar-refractivity contribution in [2.24, 2.45) is 0 Å². The molecule has 1 saturated heterocycles. The molecular formula is C17H24N4. The topological polar surface area (TPSA) is 33.1 Å². The lowest BCUT2D eigenvalue weighted by Gasteiger charge is -2.31. The highest BCUT2D eigenvalue weighted by Gasteiger charge is 2.19. The standard InChI is InChI=1S/C17H24N4/c1-14-5-3-4-6-17(14)21-16(7-10-19-21)13-20-11-8-15(18-2)9-12-20/h3-7,10,15,18H,8-9,11-13H2,1-2H3. The summed E-state index contributed by atoms with van der Waals surface area (Å²) in [5.74, 6) is 0. The zero-order valence-electron chi connectivity index (χ0n) is 12.9. The van der Waals surface area contributed by atoms with Crippen molar-refractivity contribution in [1.29, 1.82) is 0 Å². The maximum Gasteiger partial charge on any atom is 0.0678 e. The van der Waals surface area contributed by atoms with Crippen LogP contribution < -0.4 is 5.32 Å². The number of rotatable bonds is 4. The minimum atomic E-state index is 0.683. The molecule has 1 aliphatic rings. The van der Waals surface area contributed by atoms with E-state index in [9.17, 15) is 0 Å². The zero-order valence-corrected chi connectivity index (χ0v) is 12.9. The Morgan fingerprint density at radius 3 is 2.67 bits per heavy atom. The summed E-state index contributed by atoms with van der Waals surface area (Å²) in [5, 5.41) is 7.91. The monoisotopic (exact) mass is 284 g/mol. The Labute approximate surface area is 126 Å². The highest BCUT2D eigenvalue weighted by Crippen LogP contribution is 2.18. The van der Waals surface area contributed by atoms with E-state index in [1.165, 1.54) is 29.8 Å². The van der Waals surface area contributed by atoms with Crippen molar-refractivity contribution in [3.8, 4) is 5.69 Å². The molecule has 1 aromatic heterocycles. The number of hydrogen-bond donors (Lipinski definition) is 1. The van der Waals surface area contributed by atoms with Gasteiger partial charge in [-0.3, -0.25) is 4.90 Å². The number of likely N-dealkylation sites (tertiary alicyclic amines) is 1. The van der Waals surface area contributed by atoms with Gasteiger partial charge in [0.05, 0.1) is 11.4 Å². The molecule has 0 unspecified atom stereocenters. The van der Waals surface area contributed by atoms with Gasteiger partial charge < -0.3 is 5.32 Å². The molecule has 3 rings (SSSR count). The normalized spacial score (nSPS) is 17.2. The third-order valence-electron chi connectivity index (χ3n) is 4.45. The molecule has 4 nitrogen and oxygen atoms in total. The second-order valence-corrected chi connectivity index (χ2v) is 5.86. The number of hydrogen-bond acceptors (Lipinski definition) is 3. The first-order chi connectivity index (χ1) is 10.3. The van der Waals surface area contributed by atoms with E-state index in [1.54, 1.807) is 0 Å². The predicted octanol–water partition coefficient (Wildman–Crippen LogP) is 2.36. The van der Waals surface area contributed by atoms with Crippen molar-refractivity contribution < 1.29 is 0 Å². The molecule has 112 valence electrons. The smallest absolute Gasteiger partial charge is 0.0678 e. The Hall–Kier alpha value is -1.65.